The van der Waals surface area contributed by atoms with Crippen molar-refractivity contribution in [3.05, 3.63) is 101 Å². The van der Waals surface area contributed by atoms with Crippen LogP contribution in [0.15, 0.2) is 83.8 Å². The molecule has 194 valence electrons. The molecule has 4 aromatic rings. The molecule has 0 amide bonds. The number of rotatable bonds is 7. The van der Waals surface area contributed by atoms with E-state index in [1.165, 1.54) is 6.07 Å². The van der Waals surface area contributed by atoms with E-state index in [1.807, 2.05) is 73.8 Å². The molecule has 0 aliphatic heterocycles. The summed E-state index contributed by atoms with van der Waals surface area (Å²) in [6, 6.07) is 24.3. The van der Waals surface area contributed by atoms with Crippen molar-refractivity contribution < 1.29 is 25.8 Å². The smallest absolute Gasteiger partial charge is 0.295 e. The quantitative estimate of drug-likeness (QED) is 0.233. The van der Waals surface area contributed by atoms with Crippen molar-refractivity contribution in [1.82, 2.24) is 4.90 Å². The minimum absolute atomic E-state index is 0.0383. The molecule has 0 radical (unpaired) electrons. The summed E-state index contributed by atoms with van der Waals surface area (Å²) < 4.78 is 68.9. The van der Waals surface area contributed by atoms with Crippen molar-refractivity contribution >= 4 is 20.9 Å². The highest BCUT2D eigenvalue weighted by molar-refractivity contribution is 7.87. The molecule has 8 heteroatoms. The van der Waals surface area contributed by atoms with Crippen molar-refractivity contribution in [2.24, 2.45) is 0 Å². The van der Waals surface area contributed by atoms with Crippen molar-refractivity contribution in [1.29, 1.82) is 0 Å². The zero-order valence-electron chi connectivity index (χ0n) is 21.0. The van der Waals surface area contributed by atoms with E-state index in [-0.39, 0.29) is 11.6 Å². The molecule has 0 aliphatic carbocycles. The van der Waals surface area contributed by atoms with E-state index in [0.29, 0.717) is 23.2 Å². The predicted molar refractivity (Wildman–Crippen MR) is 140 cm³/mol. The molecular formula is C29H28F3NO3S. The summed E-state index contributed by atoms with van der Waals surface area (Å²) in [4.78, 5) is 1.62. The van der Waals surface area contributed by atoms with Crippen LogP contribution in [0, 0.1) is 13.8 Å². The molecule has 37 heavy (non-hydrogen) atoms. The fourth-order valence-electron chi connectivity index (χ4n) is 4.75. The van der Waals surface area contributed by atoms with Crippen LogP contribution in [0.5, 0.6) is 0 Å². The normalized spacial score (nSPS) is 13.3. The molecule has 0 bridgehead atoms. The van der Waals surface area contributed by atoms with Crippen LogP contribution in [0.4, 0.5) is 13.2 Å². The first-order valence-electron chi connectivity index (χ1n) is 11.8. The van der Waals surface area contributed by atoms with Crippen LogP contribution in [0.3, 0.4) is 0 Å². The van der Waals surface area contributed by atoms with Crippen LogP contribution < -0.4 is 0 Å². The van der Waals surface area contributed by atoms with E-state index in [1.54, 1.807) is 19.9 Å². The van der Waals surface area contributed by atoms with Crippen LogP contribution in [-0.4, -0.2) is 26.7 Å². The Morgan fingerprint density at radius 3 is 2.22 bits per heavy atom. The van der Waals surface area contributed by atoms with Crippen LogP contribution in [0.1, 0.15) is 35.2 Å². The number of hydrogen-bond donors (Lipinski definition) is 0. The first-order valence-corrected chi connectivity index (χ1v) is 13.2. The van der Waals surface area contributed by atoms with E-state index in [4.69, 9.17) is 0 Å². The standard InChI is InChI=1S/C29H28F3NO3S/c1-19-16-20(2)27(26(17-19)37(34,35)36-29(30,31)32)28-24(15-14-23-12-8-9-13-25(23)28)18-33(4)21(3)22-10-6-5-7-11-22/h5-17,21H,18H2,1-4H3/t21-/m1/s1. The predicted octanol–water partition coefficient (Wildman–Crippen LogP) is 7.54. The number of fused-ring (bicyclic) bond motifs is 1. The van der Waals surface area contributed by atoms with Crippen molar-refractivity contribution in [2.75, 3.05) is 7.05 Å². The van der Waals surface area contributed by atoms with Crippen LogP contribution in [-0.2, 0) is 20.8 Å². The summed E-state index contributed by atoms with van der Waals surface area (Å²) in [5.41, 5.74) is 3.75. The molecule has 1 atom stereocenters. The third-order valence-electron chi connectivity index (χ3n) is 6.55. The Bertz CT molecular complexity index is 1530. The van der Waals surface area contributed by atoms with Gasteiger partial charge < -0.3 is 0 Å². The highest BCUT2D eigenvalue weighted by atomic mass is 32.2. The Morgan fingerprint density at radius 1 is 0.892 bits per heavy atom. The van der Waals surface area contributed by atoms with Gasteiger partial charge in [-0.3, -0.25) is 4.90 Å². The molecule has 4 rings (SSSR count). The molecule has 0 N–H and O–H groups in total. The number of halogens is 3. The van der Waals surface area contributed by atoms with Gasteiger partial charge >= 0.3 is 16.5 Å². The van der Waals surface area contributed by atoms with E-state index >= 15 is 0 Å². The summed E-state index contributed by atoms with van der Waals surface area (Å²) in [5.74, 6) is 0. The van der Waals surface area contributed by atoms with Crippen molar-refractivity contribution in [2.45, 2.75) is 44.6 Å². The van der Waals surface area contributed by atoms with Crippen LogP contribution in [0.2, 0.25) is 0 Å². The van der Waals surface area contributed by atoms with Gasteiger partial charge in [-0.15, -0.1) is 13.2 Å². The van der Waals surface area contributed by atoms with Gasteiger partial charge in [-0.1, -0.05) is 72.8 Å². The van der Waals surface area contributed by atoms with Gasteiger partial charge in [0.1, 0.15) is 4.90 Å². The Kier molecular flexibility index (Phi) is 7.46. The van der Waals surface area contributed by atoms with E-state index < -0.39 is 21.4 Å². The minimum atomic E-state index is -5.35. The average molecular weight is 528 g/mol. The zero-order valence-corrected chi connectivity index (χ0v) is 21.8. The molecule has 0 heterocycles. The third-order valence-corrected chi connectivity index (χ3v) is 7.81. The maximum Gasteiger partial charge on any atom is 0.537 e. The number of benzene rings is 4. The highest BCUT2D eigenvalue weighted by Gasteiger charge is 2.39. The third kappa shape index (κ3) is 5.87. The molecular weight excluding hydrogens is 499 g/mol. The fourth-order valence-corrected chi connectivity index (χ4v) is 5.93. The molecule has 4 nitrogen and oxygen atoms in total. The maximum atomic E-state index is 13.1. The van der Waals surface area contributed by atoms with Gasteiger partial charge in [0.25, 0.3) is 0 Å². The highest BCUT2D eigenvalue weighted by Crippen LogP contribution is 2.41. The Balaban J connectivity index is 1.95. The summed E-state index contributed by atoms with van der Waals surface area (Å²) in [5, 5.41) is 1.59. The Morgan fingerprint density at radius 2 is 1.54 bits per heavy atom. The van der Waals surface area contributed by atoms with Crippen molar-refractivity contribution in [3.63, 3.8) is 0 Å². The molecule has 0 saturated heterocycles. The molecule has 0 aromatic heterocycles. The van der Waals surface area contributed by atoms with Gasteiger partial charge in [-0.25, -0.2) is 0 Å². The lowest BCUT2D eigenvalue weighted by Gasteiger charge is -2.27. The summed E-state index contributed by atoms with van der Waals surface area (Å²) in [7, 11) is -3.19. The first kappa shape index (κ1) is 26.9. The molecule has 0 unspecified atom stereocenters. The maximum absolute atomic E-state index is 13.1. The minimum Gasteiger partial charge on any atom is -0.295 e. The first-order chi connectivity index (χ1) is 17.4. The Hall–Kier alpha value is -3.20. The van der Waals surface area contributed by atoms with E-state index in [2.05, 4.69) is 16.0 Å². The molecule has 4 aromatic carbocycles. The number of aryl methyl sites for hydroxylation is 2. The van der Waals surface area contributed by atoms with Gasteiger partial charge in [-0.05, 0) is 72.5 Å². The lowest BCUT2D eigenvalue weighted by atomic mass is 9.89. The lowest BCUT2D eigenvalue weighted by Crippen LogP contribution is -2.23. The zero-order chi connectivity index (χ0) is 27.0. The summed E-state index contributed by atoms with van der Waals surface area (Å²) in [6.07, 6.45) is -5.35. The van der Waals surface area contributed by atoms with Crippen LogP contribution in [0.25, 0.3) is 21.9 Å². The van der Waals surface area contributed by atoms with Crippen LogP contribution >= 0.6 is 0 Å². The van der Waals surface area contributed by atoms with E-state index in [0.717, 1.165) is 21.9 Å². The molecule has 0 saturated carbocycles. The van der Waals surface area contributed by atoms with Gasteiger partial charge in [0.2, 0.25) is 0 Å². The topological polar surface area (TPSA) is 46.6 Å². The van der Waals surface area contributed by atoms with Gasteiger partial charge in [-0.2, -0.15) is 12.6 Å². The second-order valence-electron chi connectivity index (χ2n) is 9.26. The second kappa shape index (κ2) is 10.3. The van der Waals surface area contributed by atoms with Crippen molar-refractivity contribution in [3.8, 4) is 11.1 Å². The number of alkyl halides is 3. The molecule has 0 spiro atoms. The molecule has 0 aliphatic rings. The van der Waals surface area contributed by atoms with Gasteiger partial charge in [0.15, 0.2) is 0 Å². The lowest BCUT2D eigenvalue weighted by molar-refractivity contribution is -0.271. The number of hydrogen-bond acceptors (Lipinski definition) is 4. The van der Waals surface area contributed by atoms with E-state index in [9.17, 15) is 21.6 Å². The number of nitrogens with zero attached hydrogens (tertiary/aromatic N) is 1. The largest absolute Gasteiger partial charge is 0.537 e. The fraction of sp³-hybridized carbons (Fsp3) is 0.241. The second-order valence-corrected chi connectivity index (χ2v) is 10.8. The molecule has 0 fully saturated rings. The SMILES string of the molecule is Cc1cc(C)c(-c2c(CN(C)[C@H](C)c3ccccc3)ccc3ccccc23)c(S(=O)(=O)OC(F)(F)F)c1. The summed E-state index contributed by atoms with van der Waals surface area (Å²) >= 11 is 0. The van der Waals surface area contributed by atoms with Gasteiger partial charge in [0, 0.05) is 18.2 Å². The average Bonchev–Trinajstić information content (AvgIpc) is 2.82. The monoisotopic (exact) mass is 527 g/mol. The summed E-state index contributed by atoms with van der Waals surface area (Å²) in [6.45, 7) is 5.85. The Labute approximate surface area is 215 Å². The van der Waals surface area contributed by atoms with Gasteiger partial charge in [0.05, 0.1) is 0 Å².